The zero-order valence-corrected chi connectivity index (χ0v) is 13.3. The van der Waals surface area contributed by atoms with Gasteiger partial charge in [0, 0.05) is 38.7 Å². The van der Waals surface area contributed by atoms with Crippen LogP contribution in [0.4, 0.5) is 11.4 Å². The standard InChI is InChI=1S/C14H20N4O3.ClH/c1-17(11-6-8-15-10-11)14(19)7-9-16-12-4-2-3-5-13(12)18(20)21;/h2-5,11,15-16H,6-10H2,1H3;1H. The van der Waals surface area contributed by atoms with Crippen molar-refractivity contribution in [3.8, 4) is 0 Å². The van der Waals surface area contributed by atoms with E-state index < -0.39 is 4.92 Å². The number of hydrogen-bond acceptors (Lipinski definition) is 5. The zero-order chi connectivity index (χ0) is 15.2. The first-order valence-corrected chi connectivity index (χ1v) is 7.03. The Morgan fingerprint density at radius 3 is 2.86 bits per heavy atom. The molecule has 1 saturated heterocycles. The summed E-state index contributed by atoms with van der Waals surface area (Å²) in [6, 6.07) is 6.69. The monoisotopic (exact) mass is 328 g/mol. The molecule has 1 amide bonds. The molecule has 7 nitrogen and oxygen atoms in total. The molecule has 1 atom stereocenters. The minimum Gasteiger partial charge on any atom is -0.379 e. The van der Waals surface area contributed by atoms with Crippen LogP contribution in [0.3, 0.4) is 0 Å². The van der Waals surface area contributed by atoms with Crippen LogP contribution in [0.2, 0.25) is 0 Å². The van der Waals surface area contributed by atoms with Crippen LogP contribution in [0.5, 0.6) is 0 Å². The number of nitro groups is 1. The van der Waals surface area contributed by atoms with Crippen molar-refractivity contribution in [1.82, 2.24) is 10.2 Å². The molecule has 1 aromatic rings. The van der Waals surface area contributed by atoms with E-state index in [1.54, 1.807) is 23.1 Å². The summed E-state index contributed by atoms with van der Waals surface area (Å²) in [5.41, 5.74) is 0.471. The van der Waals surface area contributed by atoms with E-state index in [1.165, 1.54) is 6.07 Å². The molecule has 0 bridgehead atoms. The van der Waals surface area contributed by atoms with E-state index in [9.17, 15) is 14.9 Å². The molecule has 0 aromatic heterocycles. The minimum absolute atomic E-state index is 0. The molecule has 0 radical (unpaired) electrons. The van der Waals surface area contributed by atoms with E-state index in [0.717, 1.165) is 19.5 Å². The van der Waals surface area contributed by atoms with Crippen LogP contribution in [-0.2, 0) is 4.79 Å². The number of carbonyl (C=O) groups excluding carboxylic acids is 1. The SMILES string of the molecule is CN(C(=O)CCNc1ccccc1[N+](=O)[O-])C1CCNC1.Cl. The number of likely N-dealkylation sites (N-methyl/N-ethyl adjacent to an activating group) is 1. The molecule has 1 fully saturated rings. The number of nitrogens with zero attached hydrogens (tertiary/aromatic N) is 2. The topological polar surface area (TPSA) is 87.5 Å². The smallest absolute Gasteiger partial charge is 0.292 e. The molecule has 2 N–H and O–H groups in total. The van der Waals surface area contributed by atoms with Crippen LogP contribution in [-0.4, -0.2) is 48.5 Å². The number of nitrogens with one attached hydrogen (secondary N) is 2. The summed E-state index contributed by atoms with van der Waals surface area (Å²) in [6.45, 7) is 2.16. The third kappa shape index (κ3) is 4.57. The Kier molecular flexibility index (Phi) is 7.07. The van der Waals surface area contributed by atoms with Gasteiger partial charge in [0.25, 0.3) is 5.69 Å². The second-order valence-electron chi connectivity index (χ2n) is 5.10. The van der Waals surface area contributed by atoms with Gasteiger partial charge in [-0.25, -0.2) is 0 Å². The molecule has 2 rings (SSSR count). The molecule has 1 aromatic carbocycles. The van der Waals surface area contributed by atoms with E-state index >= 15 is 0 Å². The third-order valence-corrected chi connectivity index (χ3v) is 3.73. The Balaban J connectivity index is 0.00000242. The fraction of sp³-hybridized carbons (Fsp3) is 0.500. The molecule has 1 heterocycles. The van der Waals surface area contributed by atoms with Crippen molar-refractivity contribution in [2.24, 2.45) is 0 Å². The first kappa shape index (κ1) is 18.2. The predicted molar refractivity (Wildman–Crippen MR) is 87.5 cm³/mol. The van der Waals surface area contributed by atoms with Gasteiger partial charge in [-0.3, -0.25) is 14.9 Å². The van der Waals surface area contributed by atoms with Gasteiger partial charge in [0.2, 0.25) is 5.91 Å². The first-order valence-electron chi connectivity index (χ1n) is 7.03. The quantitative estimate of drug-likeness (QED) is 0.612. The number of rotatable bonds is 6. The molecule has 8 heteroatoms. The maximum Gasteiger partial charge on any atom is 0.292 e. The van der Waals surface area contributed by atoms with Gasteiger partial charge in [-0.2, -0.15) is 0 Å². The normalized spacial score (nSPS) is 16.7. The second-order valence-corrected chi connectivity index (χ2v) is 5.10. The molecular formula is C14H21ClN4O3. The van der Waals surface area contributed by atoms with Crippen molar-refractivity contribution in [2.75, 3.05) is 32.0 Å². The summed E-state index contributed by atoms with van der Waals surface area (Å²) in [7, 11) is 1.81. The van der Waals surface area contributed by atoms with Crippen LogP contribution >= 0.6 is 12.4 Å². The lowest BCUT2D eigenvalue weighted by Gasteiger charge is -2.23. The molecule has 122 valence electrons. The number of benzene rings is 1. The van der Waals surface area contributed by atoms with Gasteiger partial charge in [-0.1, -0.05) is 12.1 Å². The number of nitro benzene ring substituents is 1. The average molecular weight is 329 g/mol. The third-order valence-electron chi connectivity index (χ3n) is 3.73. The summed E-state index contributed by atoms with van der Waals surface area (Å²) < 4.78 is 0. The lowest BCUT2D eigenvalue weighted by molar-refractivity contribution is -0.384. The van der Waals surface area contributed by atoms with Crippen LogP contribution in [0.25, 0.3) is 0 Å². The molecular weight excluding hydrogens is 308 g/mol. The van der Waals surface area contributed by atoms with Crippen molar-refractivity contribution < 1.29 is 9.72 Å². The lowest BCUT2D eigenvalue weighted by atomic mass is 10.2. The Hall–Kier alpha value is -1.86. The van der Waals surface area contributed by atoms with E-state index in [4.69, 9.17) is 0 Å². The average Bonchev–Trinajstić information content (AvgIpc) is 3.00. The molecule has 1 aliphatic heterocycles. The van der Waals surface area contributed by atoms with Gasteiger partial charge in [0.05, 0.1) is 4.92 Å². The first-order chi connectivity index (χ1) is 10.1. The van der Waals surface area contributed by atoms with Crippen molar-refractivity contribution in [3.05, 3.63) is 34.4 Å². The van der Waals surface area contributed by atoms with Crippen molar-refractivity contribution >= 4 is 29.7 Å². The second kappa shape index (κ2) is 8.55. The Morgan fingerprint density at radius 2 is 2.23 bits per heavy atom. The number of hydrogen-bond donors (Lipinski definition) is 2. The molecule has 0 spiro atoms. The number of halogens is 1. The number of para-hydroxylation sites is 2. The summed E-state index contributed by atoms with van der Waals surface area (Å²) in [4.78, 5) is 24.3. The van der Waals surface area contributed by atoms with Gasteiger partial charge < -0.3 is 15.5 Å². The summed E-state index contributed by atoms with van der Waals surface area (Å²) in [5, 5.41) is 17.1. The number of amides is 1. The van der Waals surface area contributed by atoms with Gasteiger partial charge in [0.1, 0.15) is 5.69 Å². The van der Waals surface area contributed by atoms with Crippen LogP contribution in [0, 0.1) is 10.1 Å². The predicted octanol–water partition coefficient (Wildman–Crippen LogP) is 1.64. The molecule has 0 aliphatic carbocycles. The molecule has 1 aliphatic rings. The van der Waals surface area contributed by atoms with Gasteiger partial charge in [-0.15, -0.1) is 12.4 Å². The van der Waals surface area contributed by atoms with Crippen LogP contribution < -0.4 is 10.6 Å². The molecule has 22 heavy (non-hydrogen) atoms. The van der Waals surface area contributed by atoms with Crippen molar-refractivity contribution in [1.29, 1.82) is 0 Å². The highest BCUT2D eigenvalue weighted by Gasteiger charge is 2.22. The van der Waals surface area contributed by atoms with Crippen molar-refractivity contribution in [2.45, 2.75) is 18.9 Å². The Labute approximate surface area is 135 Å². The van der Waals surface area contributed by atoms with E-state index in [0.29, 0.717) is 18.7 Å². The number of anilines is 1. The van der Waals surface area contributed by atoms with Crippen LogP contribution in [0.15, 0.2) is 24.3 Å². The van der Waals surface area contributed by atoms with Crippen LogP contribution in [0.1, 0.15) is 12.8 Å². The highest BCUT2D eigenvalue weighted by atomic mass is 35.5. The maximum atomic E-state index is 12.1. The summed E-state index contributed by atoms with van der Waals surface area (Å²) >= 11 is 0. The lowest BCUT2D eigenvalue weighted by Crippen LogP contribution is -2.39. The van der Waals surface area contributed by atoms with Gasteiger partial charge >= 0.3 is 0 Å². The Bertz CT molecular complexity index is 521. The van der Waals surface area contributed by atoms with Crippen molar-refractivity contribution in [3.63, 3.8) is 0 Å². The maximum absolute atomic E-state index is 12.1. The minimum atomic E-state index is -0.430. The highest BCUT2D eigenvalue weighted by molar-refractivity contribution is 5.85. The number of carbonyl (C=O) groups is 1. The zero-order valence-electron chi connectivity index (χ0n) is 12.4. The van der Waals surface area contributed by atoms with E-state index in [-0.39, 0.29) is 30.0 Å². The molecule has 1 unspecified atom stereocenters. The highest BCUT2D eigenvalue weighted by Crippen LogP contribution is 2.22. The van der Waals surface area contributed by atoms with Gasteiger partial charge in [-0.05, 0) is 19.0 Å². The Morgan fingerprint density at radius 1 is 1.50 bits per heavy atom. The summed E-state index contributed by atoms with van der Waals surface area (Å²) in [5.74, 6) is 0.0507. The van der Waals surface area contributed by atoms with Gasteiger partial charge in [0.15, 0.2) is 0 Å². The summed E-state index contributed by atoms with van der Waals surface area (Å²) in [6.07, 6.45) is 1.29. The van der Waals surface area contributed by atoms with E-state index in [1.807, 2.05) is 7.05 Å². The van der Waals surface area contributed by atoms with E-state index in [2.05, 4.69) is 10.6 Å². The fourth-order valence-electron chi connectivity index (χ4n) is 2.44. The molecule has 0 saturated carbocycles. The largest absolute Gasteiger partial charge is 0.379 e. The fourth-order valence-corrected chi connectivity index (χ4v) is 2.44.